The molecule has 0 aromatic heterocycles. The smallest absolute Gasteiger partial charge is 0.333 e. The molecule has 6 unspecified atom stereocenters. The van der Waals surface area contributed by atoms with Gasteiger partial charge in [-0.05, 0) is 44.4 Å². The van der Waals surface area contributed by atoms with Crippen LogP contribution in [0.3, 0.4) is 0 Å². The van der Waals surface area contributed by atoms with Gasteiger partial charge in [0.1, 0.15) is 12.2 Å². The molecule has 3 aliphatic carbocycles. The second kappa shape index (κ2) is 5.32. The number of rotatable bonds is 3. The molecule has 0 amide bonds. The van der Waals surface area contributed by atoms with Gasteiger partial charge in [0.2, 0.25) is 0 Å². The van der Waals surface area contributed by atoms with Crippen LogP contribution in [-0.4, -0.2) is 24.1 Å². The van der Waals surface area contributed by atoms with Crippen LogP contribution in [0.15, 0.2) is 24.8 Å². The van der Waals surface area contributed by atoms with Crippen molar-refractivity contribution in [2.24, 2.45) is 23.7 Å². The second-order valence-electron chi connectivity index (χ2n) is 6.69. The predicted molar refractivity (Wildman–Crippen MR) is 77.2 cm³/mol. The first kappa shape index (κ1) is 14.4. The van der Waals surface area contributed by atoms with Gasteiger partial charge < -0.3 is 9.47 Å². The summed E-state index contributed by atoms with van der Waals surface area (Å²) < 4.78 is 11.1. The molecule has 0 radical (unpaired) electrons. The van der Waals surface area contributed by atoms with Gasteiger partial charge in [-0.1, -0.05) is 19.2 Å². The largest absolute Gasteiger partial charge is 0.459 e. The van der Waals surface area contributed by atoms with Crippen molar-refractivity contribution in [1.29, 1.82) is 0 Å². The molecule has 21 heavy (non-hydrogen) atoms. The third-order valence-corrected chi connectivity index (χ3v) is 5.22. The van der Waals surface area contributed by atoms with E-state index in [1.54, 1.807) is 13.0 Å². The van der Waals surface area contributed by atoms with Crippen molar-refractivity contribution in [3.05, 3.63) is 24.8 Å². The summed E-state index contributed by atoms with van der Waals surface area (Å²) in [6, 6.07) is 0. The number of fused-ring (bicyclic) bond motifs is 2. The zero-order valence-electron chi connectivity index (χ0n) is 12.4. The standard InChI is InChI=1S/C17H22O4/c1-4-15-13-6-10-5-11(20-16(18)9(2)3)8-12(13)14(7-10)17(19)21-15/h4,10-15H,1-2,5-8H2,3H3. The maximum Gasteiger partial charge on any atom is 0.333 e. The predicted octanol–water partition coefficient (Wildman–Crippen LogP) is 2.64. The number of cyclic esters (lactones) is 1. The summed E-state index contributed by atoms with van der Waals surface area (Å²) in [6.45, 7) is 9.09. The third kappa shape index (κ3) is 2.52. The number of carbonyl (C=O) groups is 2. The van der Waals surface area contributed by atoms with E-state index >= 15 is 0 Å². The molecule has 1 heterocycles. The third-order valence-electron chi connectivity index (χ3n) is 5.22. The molecular formula is C17H22O4. The first-order valence-corrected chi connectivity index (χ1v) is 7.69. The molecular weight excluding hydrogens is 268 g/mol. The van der Waals surface area contributed by atoms with E-state index in [0.717, 1.165) is 25.7 Å². The summed E-state index contributed by atoms with van der Waals surface area (Å²) in [4.78, 5) is 23.9. The van der Waals surface area contributed by atoms with Gasteiger partial charge in [-0.3, -0.25) is 4.79 Å². The Morgan fingerprint density at radius 2 is 2.05 bits per heavy atom. The van der Waals surface area contributed by atoms with Gasteiger partial charge in [-0.25, -0.2) is 4.79 Å². The van der Waals surface area contributed by atoms with Crippen LogP contribution in [0.5, 0.6) is 0 Å². The molecule has 4 heteroatoms. The molecule has 0 aromatic rings. The van der Waals surface area contributed by atoms with Crippen molar-refractivity contribution in [1.82, 2.24) is 0 Å². The Hall–Kier alpha value is -1.58. The maximum atomic E-state index is 12.2. The van der Waals surface area contributed by atoms with Crippen LogP contribution in [0.1, 0.15) is 32.6 Å². The summed E-state index contributed by atoms with van der Waals surface area (Å²) >= 11 is 0. The van der Waals surface area contributed by atoms with Gasteiger partial charge >= 0.3 is 11.9 Å². The Labute approximate surface area is 125 Å². The lowest BCUT2D eigenvalue weighted by atomic mass is 9.65. The van der Waals surface area contributed by atoms with Crippen LogP contribution >= 0.6 is 0 Å². The van der Waals surface area contributed by atoms with Crippen molar-refractivity contribution >= 4 is 11.9 Å². The van der Waals surface area contributed by atoms with Gasteiger partial charge in [0.25, 0.3) is 0 Å². The van der Waals surface area contributed by atoms with E-state index in [9.17, 15) is 9.59 Å². The van der Waals surface area contributed by atoms with Crippen LogP contribution in [-0.2, 0) is 19.1 Å². The van der Waals surface area contributed by atoms with Crippen LogP contribution in [0.4, 0.5) is 0 Å². The van der Waals surface area contributed by atoms with E-state index in [1.807, 2.05) is 0 Å². The Morgan fingerprint density at radius 3 is 2.71 bits per heavy atom. The van der Waals surface area contributed by atoms with Crippen molar-refractivity contribution < 1.29 is 19.1 Å². The van der Waals surface area contributed by atoms with E-state index in [2.05, 4.69) is 13.2 Å². The minimum absolute atomic E-state index is 0.0292. The van der Waals surface area contributed by atoms with Crippen molar-refractivity contribution in [3.8, 4) is 0 Å². The highest BCUT2D eigenvalue weighted by molar-refractivity contribution is 5.87. The van der Waals surface area contributed by atoms with Gasteiger partial charge in [0, 0.05) is 11.5 Å². The summed E-state index contributed by atoms with van der Waals surface area (Å²) in [6.07, 6.45) is 4.96. The van der Waals surface area contributed by atoms with Crippen LogP contribution in [0, 0.1) is 23.7 Å². The lowest BCUT2D eigenvalue weighted by Crippen LogP contribution is -2.48. The fraction of sp³-hybridized carbons (Fsp3) is 0.647. The number of hydrogen-bond acceptors (Lipinski definition) is 4. The molecule has 1 aliphatic heterocycles. The highest BCUT2D eigenvalue weighted by Gasteiger charge is 2.53. The molecule has 4 bridgehead atoms. The number of carbonyl (C=O) groups excluding carboxylic acids is 2. The molecule has 3 saturated carbocycles. The van der Waals surface area contributed by atoms with Crippen molar-refractivity contribution in [2.45, 2.75) is 44.8 Å². The van der Waals surface area contributed by atoms with E-state index < -0.39 is 0 Å². The molecule has 1 saturated heterocycles. The van der Waals surface area contributed by atoms with E-state index in [0.29, 0.717) is 17.4 Å². The Bertz CT molecular complexity index is 495. The summed E-state index contributed by atoms with van der Waals surface area (Å²) in [5.41, 5.74) is 0.426. The zero-order valence-corrected chi connectivity index (χ0v) is 12.4. The fourth-order valence-corrected chi connectivity index (χ4v) is 4.32. The SMILES string of the molecule is C=CC1OC(=O)C2CC3CC(OC(=O)C(=C)C)CC2C1C3. The Kier molecular flexibility index (Phi) is 3.64. The summed E-state index contributed by atoms with van der Waals surface area (Å²) in [7, 11) is 0. The number of esters is 2. The summed E-state index contributed by atoms with van der Waals surface area (Å²) in [5, 5.41) is 0. The average molecular weight is 290 g/mol. The zero-order chi connectivity index (χ0) is 15.1. The van der Waals surface area contributed by atoms with Crippen molar-refractivity contribution in [2.75, 3.05) is 0 Å². The van der Waals surface area contributed by atoms with E-state index in [-0.39, 0.29) is 36.0 Å². The fourth-order valence-electron chi connectivity index (χ4n) is 4.32. The Morgan fingerprint density at radius 1 is 1.29 bits per heavy atom. The quantitative estimate of drug-likeness (QED) is 0.455. The molecule has 114 valence electrons. The molecule has 0 N–H and O–H groups in total. The molecule has 6 atom stereocenters. The Balaban J connectivity index is 1.80. The minimum atomic E-state index is -0.325. The molecule has 4 nitrogen and oxygen atoms in total. The van der Waals surface area contributed by atoms with Gasteiger partial charge in [0.05, 0.1) is 5.92 Å². The first-order chi connectivity index (χ1) is 9.99. The van der Waals surface area contributed by atoms with Crippen LogP contribution in [0.25, 0.3) is 0 Å². The second-order valence-corrected chi connectivity index (χ2v) is 6.69. The highest BCUT2D eigenvalue weighted by Crippen LogP contribution is 2.51. The maximum absolute atomic E-state index is 12.2. The van der Waals surface area contributed by atoms with Gasteiger partial charge in [-0.2, -0.15) is 0 Å². The lowest BCUT2D eigenvalue weighted by molar-refractivity contribution is -0.174. The number of hydrogen-bond donors (Lipinski definition) is 0. The number of ether oxygens (including phenoxy) is 2. The van der Waals surface area contributed by atoms with Gasteiger partial charge in [-0.15, -0.1) is 0 Å². The van der Waals surface area contributed by atoms with Crippen molar-refractivity contribution in [3.63, 3.8) is 0 Å². The first-order valence-electron chi connectivity index (χ1n) is 7.69. The van der Waals surface area contributed by atoms with E-state index in [1.165, 1.54) is 0 Å². The lowest BCUT2D eigenvalue weighted by Gasteiger charge is -2.45. The molecule has 0 aromatic carbocycles. The summed E-state index contributed by atoms with van der Waals surface area (Å²) in [5.74, 6) is 0.552. The van der Waals surface area contributed by atoms with Crippen LogP contribution in [0.2, 0.25) is 0 Å². The monoisotopic (exact) mass is 290 g/mol. The van der Waals surface area contributed by atoms with Gasteiger partial charge in [0.15, 0.2) is 0 Å². The molecule has 0 spiro atoms. The van der Waals surface area contributed by atoms with Crippen LogP contribution < -0.4 is 0 Å². The molecule has 4 aliphatic rings. The normalized spacial score (nSPS) is 40.9. The van der Waals surface area contributed by atoms with E-state index in [4.69, 9.17) is 9.47 Å². The topological polar surface area (TPSA) is 52.6 Å². The average Bonchev–Trinajstić information content (AvgIpc) is 2.71. The molecule has 4 fully saturated rings. The molecule has 4 rings (SSSR count). The highest BCUT2D eigenvalue weighted by atomic mass is 16.6. The minimum Gasteiger partial charge on any atom is -0.459 e.